The number of benzene rings is 1. The molecule has 5 nitrogen and oxygen atoms in total. The number of methoxy groups -OCH3 is 1. The van der Waals surface area contributed by atoms with E-state index in [4.69, 9.17) is 10.5 Å². The van der Waals surface area contributed by atoms with Gasteiger partial charge < -0.3 is 10.5 Å². The Hall–Kier alpha value is -1.78. The molecule has 0 radical (unpaired) electrons. The Morgan fingerprint density at radius 3 is 2.67 bits per heavy atom. The average Bonchev–Trinajstić information content (AvgIpc) is 2.03. The van der Waals surface area contributed by atoms with Crippen LogP contribution in [0.15, 0.2) is 18.2 Å². The molecule has 0 atom stereocenters. The number of ether oxygens (including phenoxy) is 1. The molecule has 12 heavy (non-hydrogen) atoms. The minimum absolute atomic E-state index is 0.113. The molecule has 0 bridgehead atoms. The predicted octanol–water partition coefficient (Wildman–Crippen LogP) is 1.19. The summed E-state index contributed by atoms with van der Waals surface area (Å²) in [5.41, 5.74) is 5.60. The van der Waals surface area contributed by atoms with Gasteiger partial charge in [0.25, 0.3) is 0 Å². The van der Waals surface area contributed by atoms with Crippen molar-refractivity contribution in [2.75, 3.05) is 12.8 Å². The van der Waals surface area contributed by atoms with Crippen molar-refractivity contribution in [3.8, 4) is 5.75 Å². The van der Waals surface area contributed by atoms with Gasteiger partial charge in [0, 0.05) is 6.07 Å². The second kappa shape index (κ2) is 3.08. The van der Waals surface area contributed by atoms with Crippen molar-refractivity contribution < 1.29 is 9.66 Å². The SMILES string of the molecule is COc1c(N)cccc1[N+](=O)[O-]. The van der Waals surface area contributed by atoms with Crippen LogP contribution in [0.5, 0.6) is 5.75 Å². The number of rotatable bonds is 2. The number of nitrogens with zero attached hydrogens (tertiary/aromatic N) is 1. The molecule has 0 aromatic heterocycles. The van der Waals surface area contributed by atoms with Crippen LogP contribution in [0.2, 0.25) is 0 Å². The van der Waals surface area contributed by atoms with Crippen LogP contribution in [0.25, 0.3) is 0 Å². The molecule has 0 aliphatic carbocycles. The van der Waals surface area contributed by atoms with E-state index in [0.29, 0.717) is 0 Å². The van der Waals surface area contributed by atoms with E-state index in [1.54, 1.807) is 6.07 Å². The van der Waals surface area contributed by atoms with Gasteiger partial charge in [-0.15, -0.1) is 0 Å². The molecule has 0 unspecified atom stereocenters. The zero-order valence-electron chi connectivity index (χ0n) is 6.48. The molecular weight excluding hydrogens is 160 g/mol. The van der Waals surface area contributed by atoms with Crippen molar-refractivity contribution in [3.63, 3.8) is 0 Å². The summed E-state index contributed by atoms with van der Waals surface area (Å²) in [6.45, 7) is 0. The molecule has 0 saturated heterocycles. The Labute approximate surface area is 68.9 Å². The number of nitrogens with two attached hydrogens (primary N) is 1. The summed E-state index contributed by atoms with van der Waals surface area (Å²) in [5, 5.41) is 10.4. The van der Waals surface area contributed by atoms with Gasteiger partial charge >= 0.3 is 5.69 Å². The number of nitrogen functional groups attached to an aromatic ring is 1. The summed E-state index contributed by atoms with van der Waals surface area (Å²) in [7, 11) is 1.35. The number of nitro benzene ring substituents is 1. The number of para-hydroxylation sites is 1. The number of hydrogen-bond donors (Lipinski definition) is 1. The monoisotopic (exact) mass is 168 g/mol. The molecule has 5 heteroatoms. The number of hydrogen-bond acceptors (Lipinski definition) is 4. The van der Waals surface area contributed by atoms with Crippen LogP contribution in [-0.2, 0) is 0 Å². The Bertz CT molecular complexity index is 312. The Morgan fingerprint density at radius 1 is 1.58 bits per heavy atom. The van der Waals surface area contributed by atoms with Crippen molar-refractivity contribution in [1.82, 2.24) is 0 Å². The highest BCUT2D eigenvalue weighted by atomic mass is 16.6. The van der Waals surface area contributed by atoms with Crippen LogP contribution in [-0.4, -0.2) is 12.0 Å². The van der Waals surface area contributed by atoms with E-state index in [0.717, 1.165) is 0 Å². The Morgan fingerprint density at radius 2 is 2.25 bits per heavy atom. The van der Waals surface area contributed by atoms with Crippen molar-refractivity contribution in [2.24, 2.45) is 0 Å². The third kappa shape index (κ3) is 1.29. The van der Waals surface area contributed by atoms with Crippen molar-refractivity contribution in [3.05, 3.63) is 28.3 Å². The lowest BCUT2D eigenvalue weighted by Crippen LogP contribution is -1.97. The van der Waals surface area contributed by atoms with Gasteiger partial charge in [0.05, 0.1) is 17.7 Å². The highest BCUT2D eigenvalue weighted by Crippen LogP contribution is 2.31. The highest BCUT2D eigenvalue weighted by Gasteiger charge is 2.15. The lowest BCUT2D eigenvalue weighted by Gasteiger charge is -2.03. The van der Waals surface area contributed by atoms with Gasteiger partial charge in [-0.1, -0.05) is 6.07 Å². The largest absolute Gasteiger partial charge is 0.489 e. The summed E-state index contributed by atoms with van der Waals surface area (Å²) in [6, 6.07) is 4.40. The molecule has 0 heterocycles. The molecule has 0 saturated carbocycles. The molecular formula is C7H8N2O3. The third-order valence-corrected chi connectivity index (χ3v) is 1.43. The molecule has 0 spiro atoms. The molecule has 1 aromatic carbocycles. The lowest BCUT2D eigenvalue weighted by molar-refractivity contribution is -0.385. The van der Waals surface area contributed by atoms with Crippen LogP contribution in [0.3, 0.4) is 0 Å². The Kier molecular flexibility index (Phi) is 2.14. The quantitative estimate of drug-likeness (QED) is 0.408. The predicted molar refractivity (Wildman–Crippen MR) is 44.1 cm³/mol. The van der Waals surface area contributed by atoms with Crippen molar-refractivity contribution in [2.45, 2.75) is 0 Å². The smallest absolute Gasteiger partial charge is 0.313 e. The molecule has 1 rings (SSSR count). The first-order chi connectivity index (χ1) is 5.66. The third-order valence-electron chi connectivity index (χ3n) is 1.43. The summed E-state index contributed by atoms with van der Waals surface area (Å²) < 4.78 is 4.77. The van der Waals surface area contributed by atoms with Crippen LogP contribution < -0.4 is 10.5 Å². The van der Waals surface area contributed by atoms with Crippen LogP contribution >= 0.6 is 0 Å². The molecule has 2 N–H and O–H groups in total. The fraction of sp³-hybridized carbons (Fsp3) is 0.143. The normalized spacial score (nSPS) is 9.42. The van der Waals surface area contributed by atoms with E-state index in [1.165, 1.54) is 19.2 Å². The zero-order valence-corrected chi connectivity index (χ0v) is 6.48. The van der Waals surface area contributed by atoms with Crippen molar-refractivity contribution in [1.29, 1.82) is 0 Å². The maximum Gasteiger partial charge on any atom is 0.313 e. The van der Waals surface area contributed by atoms with Gasteiger partial charge in [-0.2, -0.15) is 0 Å². The van der Waals surface area contributed by atoms with E-state index < -0.39 is 4.92 Å². The van der Waals surface area contributed by atoms with Gasteiger partial charge in [0.15, 0.2) is 0 Å². The van der Waals surface area contributed by atoms with E-state index in [-0.39, 0.29) is 17.1 Å². The fourth-order valence-corrected chi connectivity index (χ4v) is 0.908. The van der Waals surface area contributed by atoms with Crippen LogP contribution in [0.1, 0.15) is 0 Å². The van der Waals surface area contributed by atoms with E-state index in [1.807, 2.05) is 0 Å². The molecule has 0 fully saturated rings. The zero-order chi connectivity index (χ0) is 9.14. The molecule has 0 aliphatic rings. The van der Waals surface area contributed by atoms with Crippen molar-refractivity contribution >= 4 is 11.4 Å². The lowest BCUT2D eigenvalue weighted by atomic mass is 10.2. The first-order valence-electron chi connectivity index (χ1n) is 3.23. The first kappa shape index (κ1) is 8.32. The van der Waals surface area contributed by atoms with Gasteiger partial charge in [-0.3, -0.25) is 10.1 Å². The van der Waals surface area contributed by atoms with Gasteiger partial charge in [0.1, 0.15) is 0 Å². The topological polar surface area (TPSA) is 78.4 Å². The van der Waals surface area contributed by atoms with E-state index >= 15 is 0 Å². The number of anilines is 1. The molecule has 0 amide bonds. The second-order valence-corrected chi connectivity index (χ2v) is 2.16. The van der Waals surface area contributed by atoms with Gasteiger partial charge in [0.2, 0.25) is 5.75 Å². The molecule has 64 valence electrons. The summed E-state index contributed by atoms with van der Waals surface area (Å²) >= 11 is 0. The molecule has 1 aromatic rings. The highest BCUT2D eigenvalue weighted by molar-refractivity contribution is 5.63. The van der Waals surface area contributed by atoms with E-state index in [9.17, 15) is 10.1 Å². The summed E-state index contributed by atoms with van der Waals surface area (Å²) in [4.78, 5) is 9.87. The molecule has 0 aliphatic heterocycles. The van der Waals surface area contributed by atoms with Crippen LogP contribution in [0, 0.1) is 10.1 Å². The second-order valence-electron chi connectivity index (χ2n) is 2.16. The minimum Gasteiger partial charge on any atom is -0.489 e. The van der Waals surface area contributed by atoms with Gasteiger partial charge in [-0.05, 0) is 6.07 Å². The summed E-state index contributed by atoms with van der Waals surface area (Å²) in [5.74, 6) is 0.113. The Balaban J connectivity index is 3.27. The van der Waals surface area contributed by atoms with E-state index in [2.05, 4.69) is 0 Å². The first-order valence-corrected chi connectivity index (χ1v) is 3.23. The number of nitro groups is 1. The standard InChI is InChI=1S/C7H8N2O3/c1-12-7-5(8)3-2-4-6(7)9(10)11/h2-4H,8H2,1H3. The maximum absolute atomic E-state index is 10.4. The fourth-order valence-electron chi connectivity index (χ4n) is 0.908. The van der Waals surface area contributed by atoms with Crippen LogP contribution in [0.4, 0.5) is 11.4 Å². The summed E-state index contributed by atoms with van der Waals surface area (Å²) in [6.07, 6.45) is 0. The van der Waals surface area contributed by atoms with Gasteiger partial charge in [-0.25, -0.2) is 0 Å². The maximum atomic E-state index is 10.4. The minimum atomic E-state index is -0.533. The average molecular weight is 168 g/mol.